The minimum atomic E-state index is -0.272. The van der Waals surface area contributed by atoms with E-state index < -0.39 is 0 Å². The number of aromatic nitrogens is 1. The van der Waals surface area contributed by atoms with Crippen LogP contribution in [0.5, 0.6) is 0 Å². The Kier molecular flexibility index (Phi) is 6.21. The third-order valence-electron chi connectivity index (χ3n) is 3.83. The number of hydrazine groups is 1. The van der Waals surface area contributed by atoms with Crippen LogP contribution in [0, 0.1) is 0 Å². The van der Waals surface area contributed by atoms with Crippen molar-refractivity contribution in [1.82, 2.24) is 10.4 Å². The van der Waals surface area contributed by atoms with Crippen LogP contribution >= 0.6 is 0 Å². The van der Waals surface area contributed by atoms with Crippen molar-refractivity contribution < 1.29 is 4.74 Å². The van der Waals surface area contributed by atoms with Gasteiger partial charge in [0.25, 0.3) is 0 Å². The van der Waals surface area contributed by atoms with Crippen LogP contribution in [-0.2, 0) is 11.2 Å². The summed E-state index contributed by atoms with van der Waals surface area (Å²) in [6.45, 7) is 6.92. The molecule has 1 unspecified atom stereocenters. The second-order valence-corrected chi connectivity index (χ2v) is 4.70. The number of nitrogens with two attached hydrogens (primary N) is 2. The summed E-state index contributed by atoms with van der Waals surface area (Å²) in [5.41, 5.74) is 10.3. The largest absolute Gasteiger partial charge is 0.398 e. The molecule has 0 aliphatic rings. The lowest BCUT2D eigenvalue weighted by Gasteiger charge is -2.39. The molecule has 0 fully saturated rings. The number of rotatable bonds is 8. The van der Waals surface area contributed by atoms with Crippen molar-refractivity contribution in [2.24, 2.45) is 5.84 Å². The first-order valence-corrected chi connectivity index (χ1v) is 6.91. The molecule has 0 radical (unpaired) electrons. The molecule has 0 bridgehead atoms. The molecular formula is C14H26N4O. The van der Waals surface area contributed by atoms with Crippen LogP contribution in [0.3, 0.4) is 0 Å². The summed E-state index contributed by atoms with van der Waals surface area (Å²) in [4.78, 5) is 4.12. The first-order chi connectivity index (χ1) is 9.13. The van der Waals surface area contributed by atoms with Gasteiger partial charge in [0.1, 0.15) is 0 Å². The van der Waals surface area contributed by atoms with Crippen LogP contribution < -0.4 is 17.0 Å². The van der Waals surface area contributed by atoms with E-state index in [1.165, 1.54) is 0 Å². The number of pyridine rings is 1. The molecule has 0 amide bonds. The average molecular weight is 266 g/mol. The Morgan fingerprint density at radius 2 is 2.05 bits per heavy atom. The maximum absolute atomic E-state index is 5.99. The lowest BCUT2D eigenvalue weighted by atomic mass is 9.84. The van der Waals surface area contributed by atoms with E-state index in [9.17, 15) is 0 Å². The fourth-order valence-corrected chi connectivity index (χ4v) is 2.56. The van der Waals surface area contributed by atoms with Crippen molar-refractivity contribution in [2.45, 2.75) is 51.7 Å². The number of anilines is 1. The highest BCUT2D eigenvalue weighted by Crippen LogP contribution is 2.28. The minimum absolute atomic E-state index is 0.00829. The van der Waals surface area contributed by atoms with E-state index in [1.54, 1.807) is 12.4 Å². The first kappa shape index (κ1) is 15.9. The second-order valence-electron chi connectivity index (χ2n) is 4.70. The molecule has 5 heteroatoms. The van der Waals surface area contributed by atoms with Crippen molar-refractivity contribution >= 4 is 5.69 Å². The highest BCUT2D eigenvalue weighted by molar-refractivity contribution is 5.44. The van der Waals surface area contributed by atoms with Crippen molar-refractivity contribution in [3.63, 3.8) is 0 Å². The highest BCUT2D eigenvalue weighted by Gasteiger charge is 2.36. The fourth-order valence-electron chi connectivity index (χ4n) is 2.56. The van der Waals surface area contributed by atoms with Gasteiger partial charge in [-0.15, -0.1) is 0 Å². The molecule has 5 nitrogen and oxygen atoms in total. The molecule has 19 heavy (non-hydrogen) atoms. The van der Waals surface area contributed by atoms with Gasteiger partial charge in [-0.2, -0.15) is 0 Å². The molecule has 0 spiro atoms. The maximum atomic E-state index is 5.99. The van der Waals surface area contributed by atoms with Gasteiger partial charge < -0.3 is 10.5 Å². The third-order valence-corrected chi connectivity index (χ3v) is 3.83. The summed E-state index contributed by atoms with van der Waals surface area (Å²) in [5.74, 6) is 5.75. The van der Waals surface area contributed by atoms with E-state index in [4.69, 9.17) is 16.3 Å². The van der Waals surface area contributed by atoms with Gasteiger partial charge in [-0.05, 0) is 37.8 Å². The van der Waals surface area contributed by atoms with E-state index in [-0.39, 0.29) is 11.6 Å². The van der Waals surface area contributed by atoms with E-state index >= 15 is 0 Å². The molecule has 0 saturated heterocycles. The fraction of sp³-hybridized carbons (Fsp3) is 0.643. The smallest absolute Gasteiger partial charge is 0.0846 e. The zero-order valence-electron chi connectivity index (χ0n) is 12.1. The zero-order valence-corrected chi connectivity index (χ0v) is 12.1. The van der Waals surface area contributed by atoms with Gasteiger partial charge >= 0.3 is 0 Å². The molecule has 0 saturated carbocycles. The van der Waals surface area contributed by atoms with E-state index in [0.717, 1.165) is 24.1 Å². The van der Waals surface area contributed by atoms with Crippen molar-refractivity contribution in [1.29, 1.82) is 0 Å². The Labute approximate surface area is 115 Å². The molecule has 0 aliphatic carbocycles. The maximum Gasteiger partial charge on any atom is 0.0846 e. The van der Waals surface area contributed by atoms with Crippen molar-refractivity contribution in [3.05, 3.63) is 24.0 Å². The lowest BCUT2D eigenvalue weighted by Crippen LogP contribution is -2.55. The zero-order chi connectivity index (χ0) is 14.3. The number of nitrogen functional groups attached to an aromatic ring is 1. The Balaban J connectivity index is 2.95. The summed E-state index contributed by atoms with van der Waals surface area (Å²) in [7, 11) is 0. The third kappa shape index (κ3) is 3.65. The molecule has 1 aromatic heterocycles. The highest BCUT2D eigenvalue weighted by atomic mass is 16.5. The molecule has 5 N–H and O–H groups in total. The van der Waals surface area contributed by atoms with E-state index in [0.29, 0.717) is 13.0 Å². The Morgan fingerprint density at radius 3 is 2.53 bits per heavy atom. The number of nitrogens with zero attached hydrogens (tertiary/aromatic N) is 1. The number of hydrogen-bond donors (Lipinski definition) is 3. The number of hydrogen-bond acceptors (Lipinski definition) is 5. The van der Waals surface area contributed by atoms with Gasteiger partial charge in [0.2, 0.25) is 0 Å². The van der Waals surface area contributed by atoms with E-state index in [1.807, 2.05) is 13.0 Å². The van der Waals surface area contributed by atoms with Gasteiger partial charge in [-0.25, -0.2) is 0 Å². The number of ether oxygens (including phenoxy) is 1. The predicted octanol–water partition coefficient (Wildman–Crippen LogP) is 1.63. The first-order valence-electron chi connectivity index (χ1n) is 6.91. The predicted molar refractivity (Wildman–Crippen MR) is 78.4 cm³/mol. The van der Waals surface area contributed by atoms with Crippen molar-refractivity contribution in [3.8, 4) is 0 Å². The van der Waals surface area contributed by atoms with E-state index in [2.05, 4.69) is 24.3 Å². The van der Waals surface area contributed by atoms with Crippen LogP contribution in [0.1, 0.15) is 39.2 Å². The molecule has 0 aliphatic heterocycles. The molecular weight excluding hydrogens is 240 g/mol. The van der Waals surface area contributed by atoms with Gasteiger partial charge in [0, 0.05) is 24.7 Å². The Morgan fingerprint density at radius 1 is 1.37 bits per heavy atom. The second kappa shape index (κ2) is 7.43. The molecule has 1 atom stereocenters. The molecule has 1 heterocycles. The SMILES string of the molecule is CCOC(CC)(CC)C(Cc1cnccc1N)NN. The summed E-state index contributed by atoms with van der Waals surface area (Å²) >= 11 is 0. The van der Waals surface area contributed by atoms with Gasteiger partial charge in [-0.1, -0.05) is 13.8 Å². The summed E-state index contributed by atoms with van der Waals surface area (Å²) in [5, 5.41) is 0. The van der Waals surface area contributed by atoms with Crippen LogP contribution in [0.4, 0.5) is 5.69 Å². The summed E-state index contributed by atoms with van der Waals surface area (Å²) in [6, 6.07) is 1.82. The molecule has 0 aromatic carbocycles. The minimum Gasteiger partial charge on any atom is -0.398 e. The monoisotopic (exact) mass is 266 g/mol. The lowest BCUT2D eigenvalue weighted by molar-refractivity contribution is -0.0719. The van der Waals surface area contributed by atoms with Crippen LogP contribution in [0.2, 0.25) is 0 Å². The van der Waals surface area contributed by atoms with Crippen molar-refractivity contribution in [2.75, 3.05) is 12.3 Å². The van der Waals surface area contributed by atoms with Crippen LogP contribution in [-0.4, -0.2) is 23.2 Å². The standard InChI is InChI=1S/C14H26N4O/c1-4-14(5-2,19-6-3)13(18-16)9-11-10-17-8-7-12(11)15/h7-8,10,13,18H,4-6,9,16H2,1-3H3,(H2,15,17). The topological polar surface area (TPSA) is 86.2 Å². The average Bonchev–Trinajstić information content (AvgIpc) is 2.44. The van der Waals surface area contributed by atoms with Crippen LogP contribution in [0.15, 0.2) is 18.5 Å². The van der Waals surface area contributed by atoms with Gasteiger partial charge in [-0.3, -0.25) is 16.3 Å². The van der Waals surface area contributed by atoms with Gasteiger partial charge in [0.05, 0.1) is 11.6 Å². The summed E-state index contributed by atoms with van der Waals surface area (Å²) in [6.07, 6.45) is 5.98. The van der Waals surface area contributed by atoms with Crippen LogP contribution in [0.25, 0.3) is 0 Å². The summed E-state index contributed by atoms with van der Waals surface area (Å²) < 4.78 is 5.99. The molecule has 108 valence electrons. The van der Waals surface area contributed by atoms with Gasteiger partial charge in [0.15, 0.2) is 0 Å². The molecule has 1 rings (SSSR count). The normalized spacial score (nSPS) is 13.5. The quantitative estimate of drug-likeness (QED) is 0.492. The Hall–Kier alpha value is -1.17. The number of nitrogens with one attached hydrogen (secondary N) is 1. The Bertz CT molecular complexity index is 379. The molecule has 1 aromatic rings.